The molecule has 0 fully saturated rings. The summed E-state index contributed by atoms with van der Waals surface area (Å²) in [5, 5.41) is 18.5. The molecule has 1 aromatic heterocycles. The molecule has 2 N–H and O–H groups in total. The maximum absolute atomic E-state index is 13.0. The Morgan fingerprint density at radius 2 is 1.96 bits per heavy atom. The maximum Gasteiger partial charge on any atom is 0.348 e. The van der Waals surface area contributed by atoms with Gasteiger partial charge in [-0.2, -0.15) is 10.5 Å². The van der Waals surface area contributed by atoms with E-state index in [1.165, 1.54) is 12.1 Å². The fraction of sp³-hybridized carbons (Fsp3) is 0.118. The summed E-state index contributed by atoms with van der Waals surface area (Å²) in [6.07, 6.45) is 1.08. The Kier molecular flexibility index (Phi) is 5.78. The first-order chi connectivity index (χ1) is 12.4. The highest BCUT2D eigenvalue weighted by molar-refractivity contribution is 7.91. The van der Waals surface area contributed by atoms with Crippen molar-refractivity contribution in [3.63, 3.8) is 0 Å². The van der Waals surface area contributed by atoms with E-state index in [9.17, 15) is 18.5 Å². The summed E-state index contributed by atoms with van der Waals surface area (Å²) in [5.74, 6) is -0.886. The van der Waals surface area contributed by atoms with Gasteiger partial charge in [-0.25, -0.2) is 13.2 Å². The van der Waals surface area contributed by atoms with Crippen molar-refractivity contribution in [2.75, 3.05) is 12.3 Å². The van der Waals surface area contributed by atoms with Crippen LogP contribution in [0, 0.1) is 22.7 Å². The van der Waals surface area contributed by atoms with E-state index in [0.29, 0.717) is 0 Å². The van der Waals surface area contributed by atoms with E-state index in [1.54, 1.807) is 37.3 Å². The summed E-state index contributed by atoms with van der Waals surface area (Å²) in [6, 6.07) is 11.0. The smallest absolute Gasteiger partial charge is 0.348 e. The van der Waals surface area contributed by atoms with Crippen molar-refractivity contribution in [2.45, 2.75) is 16.7 Å². The van der Waals surface area contributed by atoms with Crippen LogP contribution in [0.1, 0.15) is 17.4 Å². The molecule has 1 aromatic carbocycles. The summed E-state index contributed by atoms with van der Waals surface area (Å²) in [5.41, 5.74) is 5.18. The Morgan fingerprint density at radius 3 is 2.50 bits per heavy atom. The number of rotatable bonds is 5. The number of esters is 1. The summed E-state index contributed by atoms with van der Waals surface area (Å²) >= 11 is 0.807. The number of nitrogen functional groups attached to an aromatic ring is 1. The van der Waals surface area contributed by atoms with Crippen LogP contribution in [0.25, 0.3) is 6.08 Å². The number of sulfone groups is 1. The lowest BCUT2D eigenvalue weighted by molar-refractivity contribution is -0.137. The van der Waals surface area contributed by atoms with Crippen LogP contribution in [0.15, 0.2) is 45.7 Å². The first-order valence-corrected chi connectivity index (χ1v) is 9.58. The van der Waals surface area contributed by atoms with Gasteiger partial charge in [-0.3, -0.25) is 0 Å². The van der Waals surface area contributed by atoms with Crippen molar-refractivity contribution in [3.8, 4) is 12.1 Å². The lowest BCUT2D eigenvalue weighted by Crippen LogP contribution is -2.07. The van der Waals surface area contributed by atoms with Crippen LogP contribution in [0.5, 0.6) is 0 Å². The minimum absolute atomic E-state index is 0.0191. The second-order valence-corrected chi connectivity index (χ2v) is 7.82. The van der Waals surface area contributed by atoms with Crippen molar-refractivity contribution in [1.82, 2.24) is 0 Å². The lowest BCUT2D eigenvalue weighted by atomic mass is 10.2. The standard InChI is InChI=1S/C17H13N3O4S2/c1-2-24-17(21)11(9-18)8-14-15(13(10-19)16(20)25-14)26(22,23)12-6-4-3-5-7-12/h3-8H,2,20H2,1H3. The molecule has 0 unspecified atom stereocenters. The van der Waals surface area contributed by atoms with Gasteiger partial charge in [0.25, 0.3) is 0 Å². The predicted octanol–water partition coefficient (Wildman–Crippen LogP) is 2.50. The van der Waals surface area contributed by atoms with Gasteiger partial charge in [0.2, 0.25) is 9.84 Å². The molecule has 7 nitrogen and oxygen atoms in total. The van der Waals surface area contributed by atoms with E-state index in [1.807, 2.05) is 0 Å². The summed E-state index contributed by atoms with van der Waals surface area (Å²) < 4.78 is 30.7. The van der Waals surface area contributed by atoms with Gasteiger partial charge in [0.1, 0.15) is 33.2 Å². The fourth-order valence-electron chi connectivity index (χ4n) is 2.11. The molecule has 132 valence electrons. The highest BCUT2D eigenvalue weighted by Crippen LogP contribution is 2.38. The monoisotopic (exact) mass is 387 g/mol. The molecule has 0 bridgehead atoms. The number of thiophene rings is 1. The highest BCUT2D eigenvalue weighted by Gasteiger charge is 2.29. The lowest BCUT2D eigenvalue weighted by Gasteiger charge is -2.05. The molecule has 2 rings (SSSR count). The van der Waals surface area contributed by atoms with E-state index in [2.05, 4.69) is 0 Å². The topological polar surface area (TPSA) is 134 Å². The average molecular weight is 387 g/mol. The van der Waals surface area contributed by atoms with Crippen LogP contribution in [0.3, 0.4) is 0 Å². The molecule has 0 radical (unpaired) electrons. The summed E-state index contributed by atoms with van der Waals surface area (Å²) in [6.45, 7) is 1.64. The largest absolute Gasteiger partial charge is 0.462 e. The van der Waals surface area contributed by atoms with E-state index < -0.39 is 15.8 Å². The Bertz CT molecular complexity index is 1060. The maximum atomic E-state index is 13.0. The predicted molar refractivity (Wildman–Crippen MR) is 95.6 cm³/mol. The van der Waals surface area contributed by atoms with Crippen LogP contribution in [0.4, 0.5) is 5.00 Å². The Balaban J connectivity index is 2.74. The second kappa shape index (κ2) is 7.83. The Morgan fingerprint density at radius 1 is 1.31 bits per heavy atom. The van der Waals surface area contributed by atoms with Crippen molar-refractivity contribution in [2.24, 2.45) is 0 Å². The molecule has 2 aromatic rings. The number of benzene rings is 1. The number of anilines is 1. The average Bonchev–Trinajstić information content (AvgIpc) is 2.96. The van der Waals surface area contributed by atoms with E-state index in [0.717, 1.165) is 17.4 Å². The first-order valence-electron chi connectivity index (χ1n) is 7.28. The molecule has 0 aliphatic carbocycles. The van der Waals surface area contributed by atoms with Crippen LogP contribution in [-0.4, -0.2) is 21.0 Å². The third kappa shape index (κ3) is 3.59. The molecule has 26 heavy (non-hydrogen) atoms. The number of carbonyl (C=O) groups is 1. The van der Waals surface area contributed by atoms with Gasteiger partial charge in [-0.15, -0.1) is 11.3 Å². The molecule has 0 aliphatic heterocycles. The number of nitrogens with zero attached hydrogens (tertiary/aromatic N) is 2. The van der Waals surface area contributed by atoms with Crippen molar-refractivity contribution >= 4 is 38.2 Å². The van der Waals surface area contributed by atoms with Crippen molar-refractivity contribution < 1.29 is 17.9 Å². The van der Waals surface area contributed by atoms with Gasteiger partial charge < -0.3 is 10.5 Å². The van der Waals surface area contributed by atoms with Gasteiger partial charge >= 0.3 is 5.97 Å². The molecule has 0 aliphatic rings. The molecule has 0 saturated heterocycles. The third-order valence-electron chi connectivity index (χ3n) is 3.24. The Labute approximate surface area is 154 Å². The molecule has 1 heterocycles. The number of hydrogen-bond donors (Lipinski definition) is 1. The molecule has 9 heteroatoms. The molecular formula is C17H13N3O4S2. The van der Waals surface area contributed by atoms with Crippen LogP contribution >= 0.6 is 11.3 Å². The Hall–Kier alpha value is -3.14. The normalized spacial score (nSPS) is 11.4. The number of carbonyl (C=O) groups excluding carboxylic acids is 1. The quantitative estimate of drug-likeness (QED) is 0.473. The van der Waals surface area contributed by atoms with Gasteiger partial charge in [0.15, 0.2) is 0 Å². The van der Waals surface area contributed by atoms with E-state index in [-0.39, 0.29) is 37.4 Å². The molecule has 0 saturated carbocycles. The first kappa shape index (κ1) is 19.2. The van der Waals surface area contributed by atoms with Gasteiger partial charge in [-0.05, 0) is 25.1 Å². The molecular weight excluding hydrogens is 374 g/mol. The number of nitriles is 2. The third-order valence-corrected chi connectivity index (χ3v) is 6.19. The molecule has 0 amide bonds. The van der Waals surface area contributed by atoms with Gasteiger partial charge in [0.05, 0.1) is 16.4 Å². The number of nitrogens with two attached hydrogens (primary N) is 1. The minimum Gasteiger partial charge on any atom is -0.462 e. The van der Waals surface area contributed by atoms with Crippen molar-refractivity contribution in [3.05, 3.63) is 46.3 Å². The van der Waals surface area contributed by atoms with Crippen molar-refractivity contribution in [1.29, 1.82) is 10.5 Å². The SMILES string of the molecule is CCOC(=O)C(C#N)=Cc1sc(N)c(C#N)c1S(=O)(=O)c1ccccc1. The summed E-state index contributed by atoms with van der Waals surface area (Å²) in [4.78, 5) is 11.5. The summed E-state index contributed by atoms with van der Waals surface area (Å²) in [7, 11) is -4.08. The molecule has 0 spiro atoms. The zero-order chi connectivity index (χ0) is 19.3. The highest BCUT2D eigenvalue weighted by atomic mass is 32.2. The van der Waals surface area contributed by atoms with Crippen LogP contribution in [-0.2, 0) is 19.4 Å². The zero-order valence-corrected chi connectivity index (χ0v) is 15.2. The van der Waals surface area contributed by atoms with Crippen LogP contribution < -0.4 is 5.73 Å². The minimum atomic E-state index is -4.08. The van der Waals surface area contributed by atoms with E-state index in [4.69, 9.17) is 15.7 Å². The van der Waals surface area contributed by atoms with Crippen LogP contribution in [0.2, 0.25) is 0 Å². The van der Waals surface area contributed by atoms with Gasteiger partial charge in [-0.1, -0.05) is 18.2 Å². The zero-order valence-electron chi connectivity index (χ0n) is 13.6. The van der Waals surface area contributed by atoms with E-state index >= 15 is 0 Å². The molecule has 0 atom stereocenters. The fourth-order valence-corrected chi connectivity index (χ4v) is 4.99. The number of ether oxygens (including phenoxy) is 1. The van der Waals surface area contributed by atoms with Gasteiger partial charge in [0, 0.05) is 0 Å². The second-order valence-electron chi connectivity index (χ2n) is 4.85. The number of hydrogen-bond acceptors (Lipinski definition) is 8.